The summed E-state index contributed by atoms with van der Waals surface area (Å²) in [6.07, 6.45) is 6.97. The molecule has 27 heavy (non-hydrogen) atoms. The van der Waals surface area contributed by atoms with Crippen molar-refractivity contribution in [3.05, 3.63) is 70.7 Å². The summed E-state index contributed by atoms with van der Waals surface area (Å²) in [6, 6.07) is 13.6. The minimum absolute atomic E-state index is 0.0218. The van der Waals surface area contributed by atoms with Gasteiger partial charge in [0.15, 0.2) is 11.7 Å². The smallest absolute Gasteiger partial charge is 0.224 e. The van der Waals surface area contributed by atoms with Gasteiger partial charge in [-0.3, -0.25) is 4.79 Å². The van der Waals surface area contributed by atoms with Crippen LogP contribution in [0.2, 0.25) is 5.02 Å². The predicted octanol–water partition coefficient (Wildman–Crippen LogP) is 5.45. The van der Waals surface area contributed by atoms with Crippen molar-refractivity contribution >= 4 is 23.2 Å². The fraction of sp³-hybridized carbons (Fsp3) is 0.273. The van der Waals surface area contributed by atoms with Crippen molar-refractivity contribution in [2.75, 3.05) is 5.32 Å². The highest BCUT2D eigenvalue weighted by Gasteiger charge is 2.15. The maximum atomic E-state index is 12.4. The minimum Gasteiger partial charge on any atom is -0.441 e. The van der Waals surface area contributed by atoms with E-state index >= 15 is 0 Å². The van der Waals surface area contributed by atoms with Crippen LogP contribution in [0.3, 0.4) is 0 Å². The van der Waals surface area contributed by atoms with E-state index in [1.54, 1.807) is 6.20 Å². The number of nitrogens with zero attached hydrogens (tertiary/aromatic N) is 1. The zero-order valence-corrected chi connectivity index (χ0v) is 15.8. The van der Waals surface area contributed by atoms with Gasteiger partial charge >= 0.3 is 0 Å². The first kappa shape index (κ1) is 17.8. The second kappa shape index (κ2) is 7.97. The third kappa shape index (κ3) is 4.06. The summed E-state index contributed by atoms with van der Waals surface area (Å²) < 4.78 is 5.77. The molecule has 1 aliphatic carbocycles. The Kier molecular flexibility index (Phi) is 5.26. The first-order valence-electron chi connectivity index (χ1n) is 9.31. The third-order valence-electron chi connectivity index (χ3n) is 4.93. The van der Waals surface area contributed by atoms with Crippen molar-refractivity contribution in [3.8, 4) is 11.3 Å². The Labute approximate surface area is 163 Å². The highest BCUT2D eigenvalue weighted by atomic mass is 35.5. The van der Waals surface area contributed by atoms with Crippen molar-refractivity contribution in [1.82, 2.24) is 4.98 Å². The summed E-state index contributed by atoms with van der Waals surface area (Å²) >= 11 is 6.19. The van der Waals surface area contributed by atoms with E-state index in [1.807, 2.05) is 36.4 Å². The number of hydrogen-bond donors (Lipinski definition) is 1. The Morgan fingerprint density at radius 1 is 1.11 bits per heavy atom. The molecule has 5 heteroatoms. The number of carbonyl (C=O) groups is 1. The number of carbonyl (C=O) groups excluding carboxylic acids is 1. The van der Waals surface area contributed by atoms with Crippen molar-refractivity contribution in [2.24, 2.45) is 0 Å². The van der Waals surface area contributed by atoms with E-state index in [9.17, 15) is 4.79 Å². The number of anilines is 1. The standard InChI is InChI=1S/C22H21ClN2O2/c23-18-10-4-3-9-17(18)20-14-24-22(27-20)13-12-21(26)25-19-11-5-7-15-6-1-2-8-16(15)19/h3-5,7,9-11,14H,1-2,6,8,12-13H2,(H,25,26). The van der Waals surface area contributed by atoms with Crippen LogP contribution in [0.15, 0.2) is 53.1 Å². The van der Waals surface area contributed by atoms with E-state index in [-0.39, 0.29) is 5.91 Å². The lowest BCUT2D eigenvalue weighted by molar-refractivity contribution is -0.116. The molecule has 0 bridgehead atoms. The maximum absolute atomic E-state index is 12.4. The quantitative estimate of drug-likeness (QED) is 0.640. The third-order valence-corrected chi connectivity index (χ3v) is 5.26. The van der Waals surface area contributed by atoms with Gasteiger partial charge in [0.2, 0.25) is 5.91 Å². The van der Waals surface area contributed by atoms with Crippen molar-refractivity contribution in [3.63, 3.8) is 0 Å². The fourth-order valence-electron chi connectivity index (χ4n) is 3.54. The van der Waals surface area contributed by atoms with Gasteiger partial charge in [0.1, 0.15) is 0 Å². The number of benzene rings is 2. The molecule has 0 spiro atoms. The molecule has 4 nitrogen and oxygen atoms in total. The van der Waals surface area contributed by atoms with Gasteiger partial charge in [-0.05, 0) is 55.0 Å². The zero-order valence-electron chi connectivity index (χ0n) is 15.0. The Balaban J connectivity index is 1.39. The second-order valence-corrected chi connectivity index (χ2v) is 7.20. The maximum Gasteiger partial charge on any atom is 0.224 e. The van der Waals surface area contributed by atoms with Gasteiger partial charge in [0, 0.05) is 24.1 Å². The van der Waals surface area contributed by atoms with Crippen LogP contribution in [0.4, 0.5) is 5.69 Å². The van der Waals surface area contributed by atoms with Crippen molar-refractivity contribution in [1.29, 1.82) is 0 Å². The molecule has 1 amide bonds. The Morgan fingerprint density at radius 3 is 2.85 bits per heavy atom. The summed E-state index contributed by atoms with van der Waals surface area (Å²) in [5, 5.41) is 3.68. The molecular formula is C22H21ClN2O2. The van der Waals surface area contributed by atoms with Gasteiger partial charge in [-0.2, -0.15) is 0 Å². The first-order chi connectivity index (χ1) is 13.2. The number of aryl methyl sites for hydroxylation is 2. The van der Waals surface area contributed by atoms with E-state index in [0.717, 1.165) is 24.1 Å². The zero-order chi connectivity index (χ0) is 18.6. The van der Waals surface area contributed by atoms with Crippen LogP contribution in [0.1, 0.15) is 36.3 Å². The number of amides is 1. The molecule has 0 unspecified atom stereocenters. The van der Waals surface area contributed by atoms with E-state index < -0.39 is 0 Å². The molecule has 0 saturated carbocycles. The van der Waals surface area contributed by atoms with Crippen LogP contribution in [0.5, 0.6) is 0 Å². The molecule has 2 aromatic carbocycles. The normalized spacial score (nSPS) is 13.2. The van der Waals surface area contributed by atoms with Crippen LogP contribution in [0, 0.1) is 0 Å². The number of aromatic nitrogens is 1. The van der Waals surface area contributed by atoms with Gasteiger partial charge < -0.3 is 9.73 Å². The molecule has 1 N–H and O–H groups in total. The average Bonchev–Trinajstić information content (AvgIpc) is 3.16. The van der Waals surface area contributed by atoms with Crippen LogP contribution in [-0.4, -0.2) is 10.9 Å². The van der Waals surface area contributed by atoms with Crippen LogP contribution < -0.4 is 5.32 Å². The number of oxazole rings is 1. The van der Waals surface area contributed by atoms with Gasteiger partial charge in [0.25, 0.3) is 0 Å². The van der Waals surface area contributed by atoms with Crippen molar-refractivity contribution in [2.45, 2.75) is 38.5 Å². The summed E-state index contributed by atoms with van der Waals surface area (Å²) in [7, 11) is 0. The van der Waals surface area contributed by atoms with Crippen LogP contribution in [-0.2, 0) is 24.1 Å². The Hall–Kier alpha value is -2.59. The molecule has 0 fully saturated rings. The highest BCUT2D eigenvalue weighted by molar-refractivity contribution is 6.33. The topological polar surface area (TPSA) is 55.1 Å². The summed E-state index contributed by atoms with van der Waals surface area (Å²) in [6.45, 7) is 0. The van der Waals surface area contributed by atoms with E-state index in [2.05, 4.69) is 16.4 Å². The molecule has 1 heterocycles. The summed E-state index contributed by atoms with van der Waals surface area (Å²) in [5.74, 6) is 1.13. The SMILES string of the molecule is O=C(CCc1ncc(-c2ccccc2Cl)o1)Nc1cccc2c1CCCC2. The summed E-state index contributed by atoms with van der Waals surface area (Å²) in [4.78, 5) is 16.7. The predicted molar refractivity (Wildman–Crippen MR) is 107 cm³/mol. The van der Waals surface area contributed by atoms with Gasteiger partial charge in [-0.15, -0.1) is 0 Å². The Bertz CT molecular complexity index is 964. The minimum atomic E-state index is -0.0218. The van der Waals surface area contributed by atoms with E-state index in [1.165, 1.54) is 24.0 Å². The lowest BCUT2D eigenvalue weighted by Gasteiger charge is -2.19. The molecular weight excluding hydrogens is 360 g/mol. The monoisotopic (exact) mass is 380 g/mol. The van der Waals surface area contributed by atoms with Crippen molar-refractivity contribution < 1.29 is 9.21 Å². The lowest BCUT2D eigenvalue weighted by Crippen LogP contribution is -2.15. The molecule has 1 aliphatic rings. The van der Waals surface area contributed by atoms with Gasteiger partial charge in [0.05, 0.1) is 11.2 Å². The molecule has 0 atom stereocenters. The largest absolute Gasteiger partial charge is 0.441 e. The molecule has 1 aromatic heterocycles. The number of rotatable bonds is 5. The van der Waals surface area contributed by atoms with Gasteiger partial charge in [-0.25, -0.2) is 4.98 Å². The lowest BCUT2D eigenvalue weighted by atomic mass is 9.90. The van der Waals surface area contributed by atoms with Gasteiger partial charge in [-0.1, -0.05) is 35.9 Å². The molecule has 3 aromatic rings. The average molecular weight is 381 g/mol. The summed E-state index contributed by atoms with van der Waals surface area (Å²) in [5.41, 5.74) is 4.39. The molecule has 138 valence electrons. The number of nitrogens with one attached hydrogen (secondary N) is 1. The number of hydrogen-bond acceptors (Lipinski definition) is 3. The number of halogens is 1. The Morgan fingerprint density at radius 2 is 1.96 bits per heavy atom. The first-order valence-corrected chi connectivity index (χ1v) is 9.69. The number of fused-ring (bicyclic) bond motifs is 1. The molecule has 0 saturated heterocycles. The van der Waals surface area contributed by atoms with E-state index in [4.69, 9.17) is 16.0 Å². The fourth-order valence-corrected chi connectivity index (χ4v) is 3.77. The second-order valence-electron chi connectivity index (χ2n) is 6.80. The molecule has 0 aliphatic heterocycles. The van der Waals surface area contributed by atoms with Crippen LogP contribution in [0.25, 0.3) is 11.3 Å². The molecule has 4 rings (SSSR count). The van der Waals surface area contributed by atoms with Crippen LogP contribution >= 0.6 is 11.6 Å². The molecule has 0 radical (unpaired) electrons. The highest BCUT2D eigenvalue weighted by Crippen LogP contribution is 2.29. The van der Waals surface area contributed by atoms with E-state index in [0.29, 0.717) is 29.5 Å².